The van der Waals surface area contributed by atoms with Gasteiger partial charge in [0.15, 0.2) is 5.82 Å². The molecule has 2 saturated carbocycles. The summed E-state index contributed by atoms with van der Waals surface area (Å²) in [6.07, 6.45) is 7.89. The van der Waals surface area contributed by atoms with E-state index in [-0.39, 0.29) is 87.0 Å². The maximum absolute atomic E-state index is 17.2. The Morgan fingerprint density at radius 1 is 0.981 bits per heavy atom. The molecule has 2 bridgehead atoms. The number of likely N-dealkylation sites (tertiary alicyclic amines) is 1. The summed E-state index contributed by atoms with van der Waals surface area (Å²) in [5.74, 6) is 1.11. The molecule has 5 aliphatic rings. The Balaban J connectivity index is 1.10. The van der Waals surface area contributed by atoms with Gasteiger partial charge in [0.2, 0.25) is 0 Å². The average Bonchev–Trinajstić information content (AvgIpc) is 3.92. The maximum atomic E-state index is 17.2. The molecule has 2 aliphatic carbocycles. The summed E-state index contributed by atoms with van der Waals surface area (Å²) in [6, 6.07) is 5.68. The molecule has 5 fully saturated rings. The number of nitrogens with zero attached hydrogens (tertiary/aromatic N) is 5. The number of rotatable bonds is 7. The smallest absolute Gasteiger partial charge is 0.391 e. The average molecular weight is 767 g/mol. The number of ether oxygens (including phenoxy) is 1. The molecule has 3 aliphatic heterocycles. The summed E-state index contributed by atoms with van der Waals surface area (Å²) < 4.78 is 78.4. The lowest BCUT2D eigenvalue weighted by molar-refractivity contribution is -0.185. The fourth-order valence-corrected chi connectivity index (χ4v) is 9.70. The molecule has 14 heteroatoms. The Labute approximate surface area is 314 Å². The third-order valence-electron chi connectivity index (χ3n) is 12.6. The van der Waals surface area contributed by atoms with Crippen molar-refractivity contribution in [2.45, 2.75) is 69.6 Å². The van der Waals surface area contributed by atoms with Gasteiger partial charge in [-0.1, -0.05) is 23.6 Å². The van der Waals surface area contributed by atoms with E-state index in [2.05, 4.69) is 31.0 Å². The fraction of sp³-hybridized carbons (Fsp3) is 0.525. The molecule has 54 heavy (non-hydrogen) atoms. The summed E-state index contributed by atoms with van der Waals surface area (Å²) in [5.41, 5.74) is -0.737. The van der Waals surface area contributed by atoms with Crippen LogP contribution in [0.3, 0.4) is 0 Å². The summed E-state index contributed by atoms with van der Waals surface area (Å²) in [4.78, 5) is 18.2. The van der Waals surface area contributed by atoms with Gasteiger partial charge in [-0.15, -0.1) is 6.42 Å². The number of piperidine rings is 1. The molecular weight excluding hydrogens is 727 g/mol. The Bertz CT molecular complexity index is 2160. The van der Waals surface area contributed by atoms with Gasteiger partial charge in [0, 0.05) is 48.1 Å². The van der Waals surface area contributed by atoms with E-state index < -0.39 is 23.7 Å². The number of hydrogen-bond donors (Lipinski definition) is 2. The largest absolute Gasteiger partial charge is 0.508 e. The van der Waals surface area contributed by atoms with Gasteiger partial charge < -0.3 is 25.0 Å². The van der Waals surface area contributed by atoms with Crippen LogP contribution >= 0.6 is 11.6 Å². The summed E-state index contributed by atoms with van der Waals surface area (Å²) >= 11 is 6.98. The van der Waals surface area contributed by atoms with E-state index in [0.717, 1.165) is 25.7 Å². The Morgan fingerprint density at radius 2 is 1.69 bits per heavy atom. The molecule has 8 nitrogen and oxygen atoms in total. The van der Waals surface area contributed by atoms with Crippen LogP contribution in [0.25, 0.3) is 32.9 Å². The normalized spacial score (nSPS) is 25.5. The van der Waals surface area contributed by atoms with Gasteiger partial charge in [-0.2, -0.15) is 23.1 Å². The second-order valence-corrected chi connectivity index (χ2v) is 16.5. The van der Waals surface area contributed by atoms with E-state index in [1.165, 1.54) is 37.1 Å². The molecule has 2 N–H and O–H groups in total. The Morgan fingerprint density at radius 3 is 2.31 bits per heavy atom. The highest BCUT2D eigenvalue weighted by atomic mass is 35.5. The minimum Gasteiger partial charge on any atom is -0.508 e. The molecule has 0 spiro atoms. The van der Waals surface area contributed by atoms with Gasteiger partial charge in [-0.05, 0) is 99.9 Å². The molecule has 3 saturated heterocycles. The lowest BCUT2D eigenvalue weighted by Gasteiger charge is -2.39. The number of benzene rings is 2. The molecule has 9 rings (SSSR count). The highest BCUT2D eigenvalue weighted by Crippen LogP contribution is 2.49. The van der Waals surface area contributed by atoms with Crippen molar-refractivity contribution < 1.29 is 31.8 Å². The van der Waals surface area contributed by atoms with Crippen molar-refractivity contribution in [3.8, 4) is 35.4 Å². The third kappa shape index (κ3) is 6.47. The minimum absolute atomic E-state index is 0.0515. The first-order valence-corrected chi connectivity index (χ1v) is 19.2. The highest BCUT2D eigenvalue weighted by Gasteiger charge is 2.48. The molecule has 284 valence electrons. The SMILES string of the molecule is C#Cc1c(F)ccc2cc(O)cc(-c3nc(Cl)c4c(N5CC6CC7CCC7CC(C5)N6)nc(OCC5(CN6CCC(C(F)(F)F)CC6)CC5)nc4c3F)c12. The molecule has 0 amide bonds. The summed E-state index contributed by atoms with van der Waals surface area (Å²) in [7, 11) is 0. The van der Waals surface area contributed by atoms with E-state index in [0.29, 0.717) is 55.8 Å². The Kier molecular flexibility index (Phi) is 8.82. The van der Waals surface area contributed by atoms with E-state index in [1.54, 1.807) is 0 Å². The van der Waals surface area contributed by atoms with E-state index in [9.17, 15) is 22.7 Å². The minimum atomic E-state index is -4.18. The number of aromatic nitrogens is 3. The number of halogens is 6. The van der Waals surface area contributed by atoms with E-state index in [1.807, 2.05) is 0 Å². The third-order valence-corrected chi connectivity index (χ3v) is 12.9. The van der Waals surface area contributed by atoms with Gasteiger partial charge in [-0.3, -0.25) is 0 Å². The van der Waals surface area contributed by atoms with Crippen molar-refractivity contribution in [2.24, 2.45) is 23.2 Å². The van der Waals surface area contributed by atoms with Crippen LogP contribution in [0.4, 0.5) is 27.8 Å². The number of phenols is 1. The zero-order valence-corrected chi connectivity index (χ0v) is 30.3. The zero-order chi connectivity index (χ0) is 37.5. The first kappa shape index (κ1) is 35.7. The number of hydrogen-bond acceptors (Lipinski definition) is 8. The van der Waals surface area contributed by atoms with Crippen LogP contribution in [0.5, 0.6) is 11.8 Å². The second-order valence-electron chi connectivity index (χ2n) is 16.2. The van der Waals surface area contributed by atoms with Crippen LogP contribution in [-0.4, -0.2) is 82.5 Å². The molecule has 4 aromatic rings. The molecule has 4 unspecified atom stereocenters. The van der Waals surface area contributed by atoms with Crippen LogP contribution in [0.15, 0.2) is 24.3 Å². The number of aromatic hydroxyl groups is 1. The number of anilines is 1. The number of alkyl halides is 3. The first-order valence-electron chi connectivity index (χ1n) is 18.8. The number of piperazine rings is 1. The highest BCUT2D eigenvalue weighted by molar-refractivity contribution is 6.35. The van der Waals surface area contributed by atoms with Crippen molar-refractivity contribution in [3.05, 3.63) is 46.6 Å². The number of phenolic OH excluding ortho intramolecular Hbond substituents is 1. The predicted octanol–water partition coefficient (Wildman–Crippen LogP) is 7.86. The van der Waals surface area contributed by atoms with Gasteiger partial charge in [0.05, 0.1) is 23.5 Å². The van der Waals surface area contributed by atoms with Gasteiger partial charge in [0.25, 0.3) is 0 Å². The number of fused-ring (bicyclic) bond motifs is 5. The topological polar surface area (TPSA) is 86.6 Å². The monoisotopic (exact) mass is 766 g/mol. The molecule has 4 atom stereocenters. The van der Waals surface area contributed by atoms with Crippen LogP contribution in [-0.2, 0) is 0 Å². The molecule has 5 heterocycles. The Hall–Kier alpha value is -3.99. The van der Waals surface area contributed by atoms with Crippen molar-refractivity contribution in [2.75, 3.05) is 44.2 Å². The number of terminal acetylenes is 1. The van der Waals surface area contributed by atoms with Crippen molar-refractivity contribution in [1.82, 2.24) is 25.2 Å². The van der Waals surface area contributed by atoms with E-state index in [4.69, 9.17) is 27.7 Å². The number of pyridine rings is 1. The lowest BCUT2D eigenvalue weighted by atomic mass is 9.69. The van der Waals surface area contributed by atoms with Crippen LogP contribution in [0.1, 0.15) is 56.9 Å². The number of nitrogens with one attached hydrogen (secondary N) is 1. The lowest BCUT2D eigenvalue weighted by Crippen LogP contribution is -2.56. The van der Waals surface area contributed by atoms with Crippen molar-refractivity contribution >= 4 is 39.1 Å². The predicted molar refractivity (Wildman–Crippen MR) is 196 cm³/mol. The van der Waals surface area contributed by atoms with Crippen LogP contribution in [0.2, 0.25) is 5.15 Å². The van der Waals surface area contributed by atoms with Gasteiger partial charge >= 0.3 is 12.2 Å². The zero-order valence-electron chi connectivity index (χ0n) is 29.5. The molecule has 0 radical (unpaired) electrons. The molecule has 2 aromatic heterocycles. The van der Waals surface area contributed by atoms with Crippen LogP contribution in [0, 0.1) is 47.1 Å². The molecular formula is C40H40ClF5N6O2. The second kappa shape index (κ2) is 13.3. The van der Waals surface area contributed by atoms with Crippen molar-refractivity contribution in [3.63, 3.8) is 0 Å². The molecule has 2 aromatic carbocycles. The maximum Gasteiger partial charge on any atom is 0.391 e. The summed E-state index contributed by atoms with van der Waals surface area (Å²) in [6.45, 7) is 2.76. The van der Waals surface area contributed by atoms with Crippen LogP contribution < -0.4 is 15.0 Å². The van der Waals surface area contributed by atoms with Gasteiger partial charge in [0.1, 0.15) is 33.7 Å². The van der Waals surface area contributed by atoms with Gasteiger partial charge in [-0.25, -0.2) is 13.8 Å². The summed E-state index contributed by atoms with van der Waals surface area (Å²) in [5, 5.41) is 15.2. The fourth-order valence-electron chi connectivity index (χ4n) is 9.45. The quantitative estimate of drug-likeness (QED) is 0.112. The van der Waals surface area contributed by atoms with Crippen molar-refractivity contribution in [1.29, 1.82) is 0 Å². The van der Waals surface area contributed by atoms with E-state index >= 15 is 4.39 Å². The standard InChI is InChI=1S/C40H40ClF5N6O2/c1-2-28-30(42)6-5-23-15-27(53)16-29(31(23)28)34-33(43)35-32(36(41)48-34)37(52-17-25-13-21-3-4-22(21)14-26(18-52)47-25)50-38(49-35)54-20-39(9-10-39)19-51-11-7-24(8-12-51)40(44,45)46/h1,5-6,15-16,21-22,24-26,47,53H,3-4,7-14,17-20H2. The first-order chi connectivity index (χ1) is 25.9.